The molecule has 1 heterocycles. The Balaban J connectivity index is 1.04. The second-order valence-corrected chi connectivity index (χ2v) is 15.8. The maximum Gasteiger partial charge on any atom is 0.178 e. The van der Waals surface area contributed by atoms with Crippen molar-refractivity contribution in [2.24, 2.45) is 4.99 Å². The van der Waals surface area contributed by atoms with Crippen molar-refractivity contribution in [3.05, 3.63) is 269 Å². The summed E-state index contributed by atoms with van der Waals surface area (Å²) in [5, 5.41) is 0. The summed E-state index contributed by atoms with van der Waals surface area (Å²) in [5.41, 5.74) is 14.9. The molecule has 0 radical (unpaired) electrons. The van der Waals surface area contributed by atoms with E-state index in [1.165, 1.54) is 33.4 Å². The van der Waals surface area contributed by atoms with Crippen molar-refractivity contribution in [2.75, 3.05) is 0 Å². The summed E-state index contributed by atoms with van der Waals surface area (Å²) in [6, 6.07) is 79.1. The van der Waals surface area contributed by atoms with Gasteiger partial charge >= 0.3 is 0 Å². The van der Waals surface area contributed by atoms with Crippen LogP contribution in [-0.4, -0.2) is 6.72 Å². The average molecular weight is 796 g/mol. The number of para-hydroxylation sites is 1. The first-order chi connectivity index (χ1) is 30.7. The van der Waals surface area contributed by atoms with Crippen molar-refractivity contribution in [1.82, 2.24) is 0 Å². The van der Waals surface area contributed by atoms with Gasteiger partial charge in [-0.3, -0.25) is 4.99 Å². The van der Waals surface area contributed by atoms with Gasteiger partial charge in [0.15, 0.2) is 23.0 Å². The van der Waals surface area contributed by atoms with E-state index >= 15 is 0 Å². The molecule has 0 aromatic heterocycles. The van der Waals surface area contributed by atoms with Crippen molar-refractivity contribution < 1.29 is 9.47 Å². The number of hydrogen-bond acceptors (Lipinski definition) is 3. The van der Waals surface area contributed by atoms with Gasteiger partial charge in [-0.05, 0) is 86.1 Å². The van der Waals surface area contributed by atoms with E-state index < -0.39 is 5.41 Å². The SMILES string of the molecule is C=N/C(=C\C(c1cccc(-c2cccc3c2Oc2ccc4c(c2O3)-c2ccccc2C4(c2ccccc2)c2ccccc2)c1)c1ccccc1-c1ccccc1)c1ccccc1. The molecule has 2 aliphatic rings. The van der Waals surface area contributed by atoms with Crippen molar-refractivity contribution >= 4 is 12.4 Å². The molecule has 0 amide bonds. The molecule has 0 fully saturated rings. The van der Waals surface area contributed by atoms with Gasteiger partial charge in [0.25, 0.3) is 0 Å². The van der Waals surface area contributed by atoms with Crippen molar-refractivity contribution in [2.45, 2.75) is 11.3 Å². The highest BCUT2D eigenvalue weighted by atomic mass is 16.6. The van der Waals surface area contributed by atoms with E-state index in [-0.39, 0.29) is 5.92 Å². The highest BCUT2D eigenvalue weighted by Crippen LogP contribution is 2.62. The molecule has 3 nitrogen and oxygen atoms in total. The van der Waals surface area contributed by atoms with Crippen LogP contribution < -0.4 is 9.47 Å². The maximum atomic E-state index is 7.08. The van der Waals surface area contributed by atoms with E-state index in [1.807, 2.05) is 24.3 Å². The number of aliphatic imine (C=N–C) groups is 1. The summed E-state index contributed by atoms with van der Waals surface area (Å²) < 4.78 is 14.1. The molecule has 1 unspecified atom stereocenters. The quantitative estimate of drug-likeness (QED) is 0.136. The molecule has 0 saturated heterocycles. The number of benzene rings is 9. The highest BCUT2D eigenvalue weighted by Gasteiger charge is 2.48. The van der Waals surface area contributed by atoms with Gasteiger partial charge in [-0.2, -0.15) is 0 Å². The van der Waals surface area contributed by atoms with Gasteiger partial charge in [0.05, 0.1) is 11.1 Å². The Kier molecular flexibility index (Phi) is 9.28. The van der Waals surface area contributed by atoms with E-state index in [1.54, 1.807) is 0 Å². The molecular weight excluding hydrogens is 755 g/mol. The lowest BCUT2D eigenvalue weighted by Gasteiger charge is -2.34. The number of nitrogens with zero attached hydrogens (tertiary/aromatic N) is 1. The van der Waals surface area contributed by atoms with E-state index in [9.17, 15) is 0 Å². The molecule has 294 valence electrons. The van der Waals surface area contributed by atoms with Gasteiger partial charge in [-0.1, -0.05) is 212 Å². The molecule has 62 heavy (non-hydrogen) atoms. The fraction of sp³-hybridized carbons (Fsp3) is 0.0339. The van der Waals surface area contributed by atoms with E-state index in [4.69, 9.17) is 9.47 Å². The van der Waals surface area contributed by atoms with Gasteiger partial charge in [-0.25, -0.2) is 0 Å². The second kappa shape index (κ2) is 15.5. The van der Waals surface area contributed by atoms with Crippen LogP contribution in [0.5, 0.6) is 23.0 Å². The number of hydrogen-bond donors (Lipinski definition) is 0. The summed E-state index contributed by atoms with van der Waals surface area (Å²) in [5.74, 6) is 2.64. The van der Waals surface area contributed by atoms with Gasteiger partial charge in [-0.15, -0.1) is 0 Å². The van der Waals surface area contributed by atoms with Crippen molar-refractivity contribution in [3.8, 4) is 56.4 Å². The fourth-order valence-electron chi connectivity index (χ4n) is 9.73. The minimum Gasteiger partial charge on any atom is -0.449 e. The second-order valence-electron chi connectivity index (χ2n) is 15.8. The average Bonchev–Trinajstić information content (AvgIpc) is 3.66. The number of allylic oxidation sites excluding steroid dienone is 1. The van der Waals surface area contributed by atoms with Crippen LogP contribution in [0.1, 0.15) is 44.9 Å². The number of fused-ring (bicyclic) bond motifs is 6. The molecule has 0 saturated carbocycles. The predicted molar refractivity (Wildman–Crippen MR) is 253 cm³/mol. The lowest BCUT2D eigenvalue weighted by molar-refractivity contribution is 0.361. The van der Waals surface area contributed by atoms with Crippen LogP contribution in [0.25, 0.3) is 39.1 Å². The summed E-state index contributed by atoms with van der Waals surface area (Å²) in [7, 11) is 0. The maximum absolute atomic E-state index is 7.08. The van der Waals surface area contributed by atoms with Gasteiger partial charge in [0.1, 0.15) is 0 Å². The molecule has 3 heteroatoms. The molecule has 1 atom stereocenters. The Labute approximate surface area is 362 Å². The van der Waals surface area contributed by atoms with E-state index in [2.05, 4.69) is 218 Å². The molecule has 0 spiro atoms. The van der Waals surface area contributed by atoms with Gasteiger partial charge in [0, 0.05) is 17.0 Å². The van der Waals surface area contributed by atoms with Crippen LogP contribution in [0.2, 0.25) is 0 Å². The Morgan fingerprint density at radius 2 is 1.03 bits per heavy atom. The van der Waals surface area contributed by atoms with Crippen LogP contribution in [0.4, 0.5) is 0 Å². The Bertz CT molecular complexity index is 3100. The van der Waals surface area contributed by atoms with Crippen molar-refractivity contribution in [1.29, 1.82) is 0 Å². The molecule has 0 bridgehead atoms. The minimum atomic E-state index is -0.541. The van der Waals surface area contributed by atoms with Crippen molar-refractivity contribution in [3.63, 3.8) is 0 Å². The molecule has 1 aliphatic heterocycles. The zero-order chi connectivity index (χ0) is 41.5. The number of rotatable bonds is 9. The van der Waals surface area contributed by atoms with E-state index in [0.29, 0.717) is 17.2 Å². The number of ether oxygens (including phenoxy) is 2. The lowest BCUT2D eigenvalue weighted by Crippen LogP contribution is -2.28. The smallest absolute Gasteiger partial charge is 0.178 e. The fourth-order valence-corrected chi connectivity index (χ4v) is 9.73. The first kappa shape index (κ1) is 37.0. The summed E-state index contributed by atoms with van der Waals surface area (Å²) in [6.07, 6.45) is 2.24. The predicted octanol–water partition coefficient (Wildman–Crippen LogP) is 15.2. The topological polar surface area (TPSA) is 30.8 Å². The normalized spacial score (nSPS) is 13.6. The Morgan fingerprint density at radius 3 is 1.76 bits per heavy atom. The molecule has 0 N–H and O–H groups in total. The molecule has 1 aliphatic carbocycles. The third-order valence-electron chi connectivity index (χ3n) is 12.4. The van der Waals surface area contributed by atoms with Crippen LogP contribution in [0.3, 0.4) is 0 Å². The Morgan fingerprint density at radius 1 is 0.468 bits per heavy atom. The zero-order valence-corrected chi connectivity index (χ0v) is 34.0. The van der Waals surface area contributed by atoms with Crippen LogP contribution >= 0.6 is 0 Å². The molecule has 11 rings (SSSR count). The van der Waals surface area contributed by atoms with Crippen LogP contribution in [0.15, 0.2) is 236 Å². The monoisotopic (exact) mass is 795 g/mol. The Hall–Kier alpha value is -8.01. The summed E-state index contributed by atoms with van der Waals surface area (Å²) in [4.78, 5) is 4.57. The third kappa shape index (κ3) is 6.09. The molecule has 9 aromatic carbocycles. The molecular formula is C59H41NO2. The first-order valence-electron chi connectivity index (χ1n) is 21.1. The lowest BCUT2D eigenvalue weighted by atomic mass is 9.68. The van der Waals surface area contributed by atoms with Gasteiger partial charge < -0.3 is 9.47 Å². The third-order valence-corrected chi connectivity index (χ3v) is 12.4. The summed E-state index contributed by atoms with van der Waals surface area (Å²) >= 11 is 0. The largest absolute Gasteiger partial charge is 0.449 e. The summed E-state index contributed by atoms with van der Waals surface area (Å²) in [6.45, 7) is 4.01. The van der Waals surface area contributed by atoms with Gasteiger partial charge in [0.2, 0.25) is 0 Å². The van der Waals surface area contributed by atoms with Crippen LogP contribution in [0, 0.1) is 0 Å². The minimum absolute atomic E-state index is 0.151. The zero-order valence-electron chi connectivity index (χ0n) is 34.0. The van der Waals surface area contributed by atoms with E-state index in [0.717, 1.165) is 50.4 Å². The first-order valence-corrected chi connectivity index (χ1v) is 21.1. The van der Waals surface area contributed by atoms with Crippen LogP contribution in [-0.2, 0) is 5.41 Å². The molecule has 9 aromatic rings. The standard InChI is InChI=1S/C59H41NO2/c1-60-53(41-22-8-3-9-23-41)39-50(48-31-15-14-30-46(48)40-20-6-2-7-21-40)43-25-18-24-42(38-43)47-33-19-35-54-57(47)61-55-37-36-52-56(58(55)62-54)49-32-16-17-34-51(49)59(52,44-26-10-4-11-27-44)45-28-12-5-13-29-45/h2-39,50H,1H2/b53-39-. The highest BCUT2D eigenvalue weighted by molar-refractivity contribution is 5.92.